The van der Waals surface area contributed by atoms with Crippen LogP contribution in [-0.2, 0) is 0 Å². The lowest BCUT2D eigenvalue weighted by atomic mass is 10.1. The summed E-state index contributed by atoms with van der Waals surface area (Å²) in [6.45, 7) is 12.5. The van der Waals surface area contributed by atoms with Crippen molar-refractivity contribution in [3.05, 3.63) is 0 Å². The van der Waals surface area contributed by atoms with Gasteiger partial charge in [0.05, 0.1) is 0 Å². The van der Waals surface area contributed by atoms with E-state index in [1.165, 1.54) is 11.8 Å². The van der Waals surface area contributed by atoms with Gasteiger partial charge in [0.15, 0.2) is 5.16 Å². The van der Waals surface area contributed by atoms with Crippen LogP contribution in [0.5, 0.6) is 0 Å². The van der Waals surface area contributed by atoms with E-state index < -0.39 is 0 Å². The Labute approximate surface area is 126 Å². The number of nitrogens with zero attached hydrogens (tertiary/aromatic N) is 3. The highest BCUT2D eigenvalue weighted by atomic mass is 32.2. The summed E-state index contributed by atoms with van der Waals surface area (Å²) < 4.78 is 0. The van der Waals surface area contributed by atoms with Crippen LogP contribution in [0.15, 0.2) is 5.16 Å². The molecule has 0 saturated carbocycles. The summed E-state index contributed by atoms with van der Waals surface area (Å²) >= 11 is 1.51. The van der Waals surface area contributed by atoms with E-state index in [-0.39, 0.29) is 11.6 Å². The molecular formula is C13H27N5OS. The molecule has 0 unspecified atom stereocenters. The number of hydrogen-bond donors (Lipinski definition) is 3. The molecule has 3 N–H and O–H groups in total. The fraction of sp³-hybridized carbons (Fsp3) is 0.769. The second-order valence-electron chi connectivity index (χ2n) is 5.47. The number of aromatic nitrogens is 3. The number of aliphatic hydroxyl groups excluding tert-OH is 1. The summed E-state index contributed by atoms with van der Waals surface area (Å²) in [7, 11) is 0. The smallest absolute Gasteiger partial charge is 0.228 e. The quantitative estimate of drug-likeness (QED) is 0.737. The SMILES string of the molecule is CC(C)O.CCNc1nc(NC(C)(C)C)nc(SC)n1. The first-order valence-electron chi connectivity index (χ1n) is 6.68. The van der Waals surface area contributed by atoms with Gasteiger partial charge in [-0.3, -0.25) is 0 Å². The molecule has 116 valence electrons. The number of aliphatic hydroxyl groups is 1. The standard InChI is InChI=1S/C10H19N5S.C3H8O/c1-6-11-7-12-8(15-10(2,3)4)14-9(13-7)16-5;1-3(2)4/h6H2,1-5H3,(H2,11,12,13,14,15);3-4H,1-2H3. The van der Waals surface area contributed by atoms with E-state index in [1.54, 1.807) is 13.8 Å². The van der Waals surface area contributed by atoms with E-state index in [0.717, 1.165) is 11.7 Å². The Bertz CT molecular complexity index is 390. The van der Waals surface area contributed by atoms with Gasteiger partial charge in [-0.1, -0.05) is 11.8 Å². The summed E-state index contributed by atoms with van der Waals surface area (Å²) in [4.78, 5) is 12.9. The molecule has 0 aliphatic heterocycles. The van der Waals surface area contributed by atoms with Crippen molar-refractivity contribution in [1.29, 1.82) is 0 Å². The fourth-order valence-electron chi connectivity index (χ4n) is 1.08. The zero-order chi connectivity index (χ0) is 15.8. The van der Waals surface area contributed by atoms with E-state index in [9.17, 15) is 0 Å². The minimum absolute atomic E-state index is 0.0550. The Morgan fingerprint density at radius 2 is 1.65 bits per heavy atom. The van der Waals surface area contributed by atoms with Crippen LogP contribution in [0.3, 0.4) is 0 Å². The summed E-state index contributed by atoms with van der Waals surface area (Å²) in [6, 6.07) is 0. The van der Waals surface area contributed by atoms with Crippen LogP contribution in [-0.4, -0.2) is 44.5 Å². The summed E-state index contributed by atoms with van der Waals surface area (Å²) in [5, 5.41) is 15.1. The number of thioether (sulfide) groups is 1. The normalized spacial score (nSPS) is 10.8. The number of nitrogens with one attached hydrogen (secondary N) is 2. The Hall–Kier alpha value is -1.08. The third-order valence-corrected chi connectivity index (χ3v) is 2.17. The van der Waals surface area contributed by atoms with E-state index in [4.69, 9.17) is 5.11 Å². The van der Waals surface area contributed by atoms with Gasteiger partial charge < -0.3 is 15.7 Å². The van der Waals surface area contributed by atoms with E-state index >= 15 is 0 Å². The van der Waals surface area contributed by atoms with Crippen molar-refractivity contribution in [2.24, 2.45) is 0 Å². The third kappa shape index (κ3) is 9.80. The molecule has 0 aliphatic carbocycles. The van der Waals surface area contributed by atoms with Crippen LogP contribution in [0.25, 0.3) is 0 Å². The van der Waals surface area contributed by atoms with E-state index in [0.29, 0.717) is 11.9 Å². The fourth-order valence-corrected chi connectivity index (χ4v) is 1.43. The third-order valence-electron chi connectivity index (χ3n) is 1.62. The number of hydrogen-bond acceptors (Lipinski definition) is 7. The molecule has 0 saturated heterocycles. The molecule has 0 bridgehead atoms. The highest BCUT2D eigenvalue weighted by Gasteiger charge is 2.13. The summed E-state index contributed by atoms with van der Waals surface area (Å²) in [5.41, 5.74) is -0.0550. The van der Waals surface area contributed by atoms with E-state index in [2.05, 4.69) is 46.4 Å². The Balaban J connectivity index is 0.000000796. The van der Waals surface area contributed by atoms with Crippen LogP contribution in [0.2, 0.25) is 0 Å². The first-order chi connectivity index (χ1) is 9.17. The van der Waals surface area contributed by atoms with Crippen molar-refractivity contribution in [3.63, 3.8) is 0 Å². The van der Waals surface area contributed by atoms with Crippen LogP contribution < -0.4 is 10.6 Å². The van der Waals surface area contributed by atoms with Gasteiger partial charge >= 0.3 is 0 Å². The van der Waals surface area contributed by atoms with Gasteiger partial charge in [-0.25, -0.2) is 0 Å². The van der Waals surface area contributed by atoms with Crippen molar-refractivity contribution >= 4 is 23.7 Å². The van der Waals surface area contributed by atoms with Gasteiger partial charge in [-0.15, -0.1) is 0 Å². The molecule has 0 fully saturated rings. The van der Waals surface area contributed by atoms with Crippen molar-refractivity contribution in [3.8, 4) is 0 Å². The van der Waals surface area contributed by atoms with Crippen molar-refractivity contribution in [1.82, 2.24) is 15.0 Å². The first kappa shape index (κ1) is 18.9. The highest BCUT2D eigenvalue weighted by molar-refractivity contribution is 7.98. The largest absolute Gasteiger partial charge is 0.394 e. The molecule has 0 spiro atoms. The van der Waals surface area contributed by atoms with Crippen LogP contribution >= 0.6 is 11.8 Å². The molecule has 1 heterocycles. The summed E-state index contributed by atoms with van der Waals surface area (Å²) in [5.74, 6) is 1.23. The molecule has 1 aromatic rings. The molecule has 0 radical (unpaired) electrons. The minimum Gasteiger partial charge on any atom is -0.394 e. The van der Waals surface area contributed by atoms with Crippen LogP contribution in [0.4, 0.5) is 11.9 Å². The molecule has 6 nitrogen and oxygen atoms in total. The Morgan fingerprint density at radius 3 is 2.05 bits per heavy atom. The molecule has 0 aromatic carbocycles. The maximum atomic E-state index is 8.06. The lowest BCUT2D eigenvalue weighted by molar-refractivity contribution is 0.216. The maximum absolute atomic E-state index is 8.06. The van der Waals surface area contributed by atoms with Crippen molar-refractivity contribution in [2.75, 3.05) is 23.4 Å². The molecule has 0 atom stereocenters. The van der Waals surface area contributed by atoms with Crippen molar-refractivity contribution < 1.29 is 5.11 Å². The van der Waals surface area contributed by atoms with Crippen molar-refractivity contribution in [2.45, 2.75) is 58.3 Å². The monoisotopic (exact) mass is 301 g/mol. The summed E-state index contributed by atoms with van der Waals surface area (Å²) in [6.07, 6.45) is 1.78. The molecule has 0 aliphatic rings. The molecule has 20 heavy (non-hydrogen) atoms. The van der Waals surface area contributed by atoms with Gasteiger partial charge in [0.1, 0.15) is 0 Å². The lowest BCUT2D eigenvalue weighted by Crippen LogP contribution is -2.27. The lowest BCUT2D eigenvalue weighted by Gasteiger charge is -2.20. The second kappa shape index (κ2) is 8.97. The second-order valence-corrected chi connectivity index (χ2v) is 6.24. The van der Waals surface area contributed by atoms with Gasteiger partial charge in [0.25, 0.3) is 0 Å². The van der Waals surface area contributed by atoms with Gasteiger partial charge in [0, 0.05) is 18.2 Å². The van der Waals surface area contributed by atoms with Gasteiger partial charge in [-0.2, -0.15) is 15.0 Å². The average molecular weight is 301 g/mol. The Morgan fingerprint density at radius 1 is 1.15 bits per heavy atom. The average Bonchev–Trinajstić information content (AvgIpc) is 2.25. The Kier molecular flexibility index (Phi) is 8.48. The van der Waals surface area contributed by atoms with Crippen LogP contribution in [0.1, 0.15) is 41.5 Å². The number of rotatable bonds is 4. The zero-order valence-corrected chi connectivity index (χ0v) is 14.3. The maximum Gasteiger partial charge on any atom is 0.228 e. The zero-order valence-electron chi connectivity index (χ0n) is 13.5. The first-order valence-corrected chi connectivity index (χ1v) is 7.90. The molecular weight excluding hydrogens is 274 g/mol. The molecule has 1 rings (SSSR count). The minimum atomic E-state index is -0.167. The topological polar surface area (TPSA) is 83.0 Å². The predicted octanol–water partition coefficient (Wildman–Crippen LogP) is 2.62. The van der Waals surface area contributed by atoms with Gasteiger partial charge in [-0.05, 0) is 47.8 Å². The van der Waals surface area contributed by atoms with Crippen LogP contribution in [0, 0.1) is 0 Å². The molecule has 0 amide bonds. The number of anilines is 2. The molecule has 1 aromatic heterocycles. The van der Waals surface area contributed by atoms with E-state index in [1.807, 2.05) is 13.2 Å². The predicted molar refractivity (Wildman–Crippen MR) is 86.5 cm³/mol. The molecule has 7 heteroatoms. The van der Waals surface area contributed by atoms with Gasteiger partial charge in [0.2, 0.25) is 11.9 Å². The highest BCUT2D eigenvalue weighted by Crippen LogP contribution is 2.16.